The standard InChI is InChI=1S/C22H24N2O6/c25-11-20(17(28)23-16-6-5-14-3-1-2-4-15(14)7-16)8-21(12-26)10-22(9-20,13-27)19(30)24-18(21)29/h1-7,25-27H,8-13H2,(H,23,28)(H,24,29,30). The van der Waals surface area contributed by atoms with Gasteiger partial charge in [-0.05, 0) is 42.2 Å². The predicted molar refractivity (Wildman–Crippen MR) is 108 cm³/mol. The number of nitrogens with one attached hydrogen (secondary N) is 2. The van der Waals surface area contributed by atoms with Gasteiger partial charge in [0.15, 0.2) is 0 Å². The summed E-state index contributed by atoms with van der Waals surface area (Å²) >= 11 is 0. The molecule has 30 heavy (non-hydrogen) atoms. The average molecular weight is 412 g/mol. The molecule has 2 atom stereocenters. The third-order valence-corrected chi connectivity index (χ3v) is 6.62. The van der Waals surface area contributed by atoms with Crippen LogP contribution in [0.4, 0.5) is 5.69 Å². The molecule has 2 bridgehead atoms. The molecule has 2 aromatic rings. The fourth-order valence-corrected chi connectivity index (χ4v) is 5.06. The number of piperidine rings is 1. The summed E-state index contributed by atoms with van der Waals surface area (Å²) in [5, 5.41) is 37.2. The molecule has 2 fully saturated rings. The van der Waals surface area contributed by atoms with Crippen LogP contribution < -0.4 is 10.6 Å². The first-order chi connectivity index (χ1) is 14.3. The number of carbonyl (C=O) groups is 3. The van der Waals surface area contributed by atoms with Crippen molar-refractivity contribution in [2.24, 2.45) is 16.2 Å². The van der Waals surface area contributed by atoms with E-state index in [1.165, 1.54) is 0 Å². The van der Waals surface area contributed by atoms with E-state index in [1.807, 2.05) is 30.3 Å². The molecular weight excluding hydrogens is 388 g/mol. The van der Waals surface area contributed by atoms with E-state index in [2.05, 4.69) is 10.6 Å². The van der Waals surface area contributed by atoms with E-state index < -0.39 is 53.8 Å². The normalized spacial score (nSPS) is 30.8. The van der Waals surface area contributed by atoms with Gasteiger partial charge in [0.1, 0.15) is 0 Å². The highest BCUT2D eigenvalue weighted by Gasteiger charge is 2.65. The van der Waals surface area contributed by atoms with Gasteiger partial charge in [-0.3, -0.25) is 19.7 Å². The summed E-state index contributed by atoms with van der Waals surface area (Å²) in [4.78, 5) is 38.5. The van der Waals surface area contributed by atoms with Gasteiger partial charge in [-0.1, -0.05) is 30.3 Å². The largest absolute Gasteiger partial charge is 0.395 e. The Hall–Kier alpha value is -2.81. The van der Waals surface area contributed by atoms with Crippen LogP contribution in [0.3, 0.4) is 0 Å². The fraction of sp³-hybridized carbons (Fsp3) is 0.409. The van der Waals surface area contributed by atoms with Crippen molar-refractivity contribution < 1.29 is 29.7 Å². The summed E-state index contributed by atoms with van der Waals surface area (Å²) in [6.07, 6.45) is -0.330. The Balaban J connectivity index is 1.71. The first-order valence-electron chi connectivity index (χ1n) is 9.81. The summed E-state index contributed by atoms with van der Waals surface area (Å²) in [5.74, 6) is -1.93. The number of hydrogen-bond donors (Lipinski definition) is 5. The van der Waals surface area contributed by atoms with Crippen LogP contribution >= 0.6 is 0 Å². The highest BCUT2D eigenvalue weighted by molar-refractivity contribution is 6.06. The maximum Gasteiger partial charge on any atom is 0.235 e. The number of hydrogen-bond acceptors (Lipinski definition) is 6. The summed E-state index contributed by atoms with van der Waals surface area (Å²) in [5.41, 5.74) is -3.87. The van der Waals surface area contributed by atoms with Gasteiger partial charge in [0.25, 0.3) is 0 Å². The maximum atomic E-state index is 13.3. The van der Waals surface area contributed by atoms with Crippen LogP contribution in [-0.2, 0) is 14.4 Å². The highest BCUT2D eigenvalue weighted by atomic mass is 16.3. The van der Waals surface area contributed by atoms with E-state index in [0.717, 1.165) is 10.8 Å². The molecule has 0 spiro atoms. The molecule has 8 heteroatoms. The van der Waals surface area contributed by atoms with Gasteiger partial charge in [0.2, 0.25) is 17.7 Å². The molecule has 1 aliphatic carbocycles. The zero-order valence-corrected chi connectivity index (χ0v) is 16.4. The van der Waals surface area contributed by atoms with Gasteiger partial charge in [-0.25, -0.2) is 0 Å². The molecule has 2 unspecified atom stereocenters. The molecule has 1 saturated heterocycles. The lowest BCUT2D eigenvalue weighted by molar-refractivity contribution is -0.177. The van der Waals surface area contributed by atoms with Gasteiger partial charge in [-0.15, -0.1) is 0 Å². The lowest BCUT2D eigenvalue weighted by atomic mass is 9.50. The Morgan fingerprint density at radius 2 is 1.47 bits per heavy atom. The Bertz CT molecular complexity index is 1010. The van der Waals surface area contributed by atoms with Gasteiger partial charge in [0.05, 0.1) is 36.1 Å². The Labute approximate surface area is 172 Å². The van der Waals surface area contributed by atoms with Crippen molar-refractivity contribution in [3.05, 3.63) is 42.5 Å². The van der Waals surface area contributed by atoms with Crippen molar-refractivity contribution in [3.8, 4) is 0 Å². The van der Waals surface area contributed by atoms with E-state index in [-0.39, 0.29) is 19.3 Å². The molecule has 2 aliphatic rings. The molecule has 0 aromatic heterocycles. The number of benzene rings is 2. The molecule has 1 aliphatic heterocycles. The number of imide groups is 1. The monoisotopic (exact) mass is 412 g/mol. The van der Waals surface area contributed by atoms with Crippen molar-refractivity contribution in [2.45, 2.75) is 19.3 Å². The predicted octanol–water partition coefficient (Wildman–Crippen LogP) is 0.555. The van der Waals surface area contributed by atoms with Gasteiger partial charge < -0.3 is 20.6 Å². The maximum absolute atomic E-state index is 13.3. The smallest absolute Gasteiger partial charge is 0.235 e. The molecule has 5 N–H and O–H groups in total. The van der Waals surface area contributed by atoms with Crippen LogP contribution in [-0.4, -0.2) is 52.9 Å². The number of fused-ring (bicyclic) bond motifs is 3. The van der Waals surface area contributed by atoms with Crippen LogP contribution in [0.15, 0.2) is 42.5 Å². The Morgan fingerprint density at radius 1 is 0.867 bits per heavy atom. The third-order valence-electron chi connectivity index (χ3n) is 6.62. The Kier molecular flexibility index (Phi) is 4.88. The zero-order valence-electron chi connectivity index (χ0n) is 16.4. The second-order valence-corrected chi connectivity index (χ2v) is 8.64. The zero-order chi connectivity index (χ0) is 21.6. The molecule has 158 valence electrons. The quantitative estimate of drug-likeness (QED) is 0.455. The minimum Gasteiger partial charge on any atom is -0.395 e. The molecular formula is C22H24N2O6. The lowest BCUT2D eigenvalue weighted by Crippen LogP contribution is -2.68. The molecule has 0 radical (unpaired) electrons. The minimum absolute atomic E-state index is 0.0668. The van der Waals surface area contributed by atoms with Crippen molar-refractivity contribution >= 4 is 34.2 Å². The SMILES string of the molecule is O=C1NC(=O)C2(CO)CC1(CO)CC(CO)(C(=O)Nc1ccc3ccccc3c1)C2. The van der Waals surface area contributed by atoms with Crippen molar-refractivity contribution in [3.63, 3.8) is 0 Å². The first kappa shape index (κ1) is 20.5. The van der Waals surface area contributed by atoms with E-state index in [4.69, 9.17) is 0 Å². The molecule has 1 heterocycles. The van der Waals surface area contributed by atoms with E-state index in [1.54, 1.807) is 12.1 Å². The second-order valence-electron chi connectivity index (χ2n) is 8.64. The van der Waals surface area contributed by atoms with Gasteiger partial charge in [0, 0.05) is 5.69 Å². The van der Waals surface area contributed by atoms with Crippen molar-refractivity contribution in [2.75, 3.05) is 25.1 Å². The second kappa shape index (κ2) is 7.16. The molecule has 2 aromatic carbocycles. The number of aliphatic hydroxyl groups is 3. The lowest BCUT2D eigenvalue weighted by Gasteiger charge is -2.54. The van der Waals surface area contributed by atoms with E-state index >= 15 is 0 Å². The van der Waals surface area contributed by atoms with Crippen LogP contribution in [0.1, 0.15) is 19.3 Å². The molecule has 8 nitrogen and oxygen atoms in total. The molecule has 4 rings (SSSR count). The van der Waals surface area contributed by atoms with Crippen LogP contribution in [0.25, 0.3) is 10.8 Å². The van der Waals surface area contributed by atoms with Crippen molar-refractivity contribution in [1.29, 1.82) is 0 Å². The number of aliphatic hydroxyl groups excluding tert-OH is 3. The number of amides is 3. The summed E-state index contributed by atoms with van der Waals surface area (Å²) < 4.78 is 0. The van der Waals surface area contributed by atoms with Crippen molar-refractivity contribution in [1.82, 2.24) is 5.32 Å². The number of rotatable bonds is 5. The van der Waals surface area contributed by atoms with Crippen LogP contribution in [0.5, 0.6) is 0 Å². The topological polar surface area (TPSA) is 136 Å². The number of carbonyl (C=O) groups excluding carboxylic acids is 3. The third kappa shape index (κ3) is 2.99. The summed E-state index contributed by atoms with van der Waals surface area (Å²) in [6, 6.07) is 13.0. The van der Waals surface area contributed by atoms with E-state index in [9.17, 15) is 29.7 Å². The molecule has 1 saturated carbocycles. The first-order valence-corrected chi connectivity index (χ1v) is 9.81. The molecule has 3 amide bonds. The number of anilines is 1. The fourth-order valence-electron chi connectivity index (χ4n) is 5.06. The summed E-state index contributed by atoms with van der Waals surface area (Å²) in [6.45, 7) is -1.83. The summed E-state index contributed by atoms with van der Waals surface area (Å²) in [7, 11) is 0. The van der Waals surface area contributed by atoms with E-state index in [0.29, 0.717) is 5.69 Å². The van der Waals surface area contributed by atoms with Gasteiger partial charge >= 0.3 is 0 Å². The Morgan fingerprint density at radius 3 is 2.03 bits per heavy atom. The highest BCUT2D eigenvalue weighted by Crippen LogP contribution is 2.57. The van der Waals surface area contributed by atoms with Gasteiger partial charge in [-0.2, -0.15) is 0 Å². The average Bonchev–Trinajstić information content (AvgIpc) is 2.77. The van der Waals surface area contributed by atoms with Crippen LogP contribution in [0, 0.1) is 16.2 Å². The van der Waals surface area contributed by atoms with Crippen LogP contribution in [0.2, 0.25) is 0 Å². The minimum atomic E-state index is -1.51.